The van der Waals surface area contributed by atoms with E-state index in [2.05, 4.69) is 0 Å². The summed E-state index contributed by atoms with van der Waals surface area (Å²) in [4.78, 5) is 0. The molecule has 6 heavy (non-hydrogen) atoms. The molecule has 0 rings (SSSR count). The number of hydrogen-bond donors (Lipinski definition) is 0. The monoisotopic (exact) mass is 774 g/mol. The fraction of sp³-hybridized carbons (Fsp3) is 0. The second-order valence-electron chi connectivity index (χ2n) is 0. The third-order valence-corrected chi connectivity index (χ3v) is 0. The third kappa shape index (κ3) is 23.6. The van der Waals surface area contributed by atoms with E-state index in [0.29, 0.717) is 0 Å². The van der Waals surface area contributed by atoms with Crippen molar-refractivity contribution in [1.29, 1.82) is 0 Å². The number of rotatable bonds is 0. The van der Waals surface area contributed by atoms with E-state index in [1.807, 2.05) is 0 Å². The van der Waals surface area contributed by atoms with Gasteiger partial charge in [-0.25, -0.2) is 0 Å². The molecule has 6 heteroatoms. The van der Waals surface area contributed by atoms with E-state index < -0.39 is 0 Å². The molecular weight excluding hydrogens is 774 g/mol. The standard InChI is InChI=1S/Hg.4HI.Zn/h;4*1H;/q+2;;;;;+2/p-4. The maximum absolute atomic E-state index is 0. The summed E-state index contributed by atoms with van der Waals surface area (Å²) in [6, 6.07) is 0. The summed E-state index contributed by atoms with van der Waals surface area (Å²) < 4.78 is 0. The van der Waals surface area contributed by atoms with Gasteiger partial charge in [0.05, 0.1) is 0 Å². The van der Waals surface area contributed by atoms with Crippen molar-refractivity contribution in [2.45, 2.75) is 0 Å². The van der Waals surface area contributed by atoms with Gasteiger partial charge in [-0.15, -0.1) is 0 Å². The first-order valence-corrected chi connectivity index (χ1v) is 0. The average Bonchev–Trinajstić information content (AvgIpc) is 0. The van der Waals surface area contributed by atoms with E-state index in [4.69, 9.17) is 0 Å². The molecule has 0 aliphatic heterocycles. The van der Waals surface area contributed by atoms with Crippen molar-refractivity contribution >= 4 is 0 Å². The molecule has 0 radical (unpaired) electrons. The molecule has 0 amide bonds. The van der Waals surface area contributed by atoms with Gasteiger partial charge in [0.1, 0.15) is 0 Å². The van der Waals surface area contributed by atoms with Gasteiger partial charge in [-0.05, 0) is 0 Å². The zero-order valence-electron chi connectivity index (χ0n) is 2.93. The predicted octanol–water partition coefficient (Wildman–Crippen LogP) is -12.0. The second kappa shape index (κ2) is 34.0. The van der Waals surface area contributed by atoms with E-state index in [1.54, 1.807) is 0 Å². The van der Waals surface area contributed by atoms with Crippen LogP contribution < -0.4 is 95.9 Å². The molecule has 0 aliphatic rings. The summed E-state index contributed by atoms with van der Waals surface area (Å²) >= 11 is 0. The maximum atomic E-state index is 0. The van der Waals surface area contributed by atoms with E-state index in [9.17, 15) is 0 Å². The van der Waals surface area contributed by atoms with Gasteiger partial charge in [-0.1, -0.05) is 0 Å². The number of hydrogen-bond acceptors (Lipinski definition) is 0. The third-order valence-electron chi connectivity index (χ3n) is 0. The summed E-state index contributed by atoms with van der Waals surface area (Å²) in [7, 11) is 0. The van der Waals surface area contributed by atoms with Crippen molar-refractivity contribution in [2.24, 2.45) is 0 Å². The van der Waals surface area contributed by atoms with Crippen LogP contribution in [0, 0.1) is 0 Å². The van der Waals surface area contributed by atoms with E-state index >= 15 is 0 Å². The van der Waals surface area contributed by atoms with Gasteiger partial charge in [-0.2, -0.15) is 0 Å². The van der Waals surface area contributed by atoms with Gasteiger partial charge in [0.2, 0.25) is 0 Å². The van der Waals surface area contributed by atoms with Crippen LogP contribution in [0.4, 0.5) is 0 Å². The molecule has 0 unspecified atom stereocenters. The Morgan fingerprint density at radius 1 is 0.500 bits per heavy atom. The fourth-order valence-corrected chi connectivity index (χ4v) is 0. The van der Waals surface area contributed by atoms with Crippen LogP contribution in [0.5, 0.6) is 0 Å². The summed E-state index contributed by atoms with van der Waals surface area (Å²) in [6.07, 6.45) is 0. The predicted molar refractivity (Wildman–Crippen MR) is 0 cm³/mol. The van der Waals surface area contributed by atoms with Crippen LogP contribution in [-0.4, -0.2) is 0 Å². The molecule has 32 valence electrons. The van der Waals surface area contributed by atoms with E-state index in [1.165, 1.54) is 0 Å². The Labute approximate surface area is 139 Å². The zero-order valence-corrected chi connectivity index (χ0v) is 20.0. The van der Waals surface area contributed by atoms with Gasteiger partial charge in [0.25, 0.3) is 0 Å². The first-order chi connectivity index (χ1) is 0. The molecule has 0 atom stereocenters. The van der Waals surface area contributed by atoms with Crippen molar-refractivity contribution in [2.75, 3.05) is 0 Å². The van der Waals surface area contributed by atoms with E-state index in [-0.39, 0.29) is 143 Å². The molecule has 0 aromatic rings. The summed E-state index contributed by atoms with van der Waals surface area (Å²) in [5.41, 5.74) is 0. The molecular formula is HgI4Zn. The molecule has 0 aliphatic carbocycles. The van der Waals surface area contributed by atoms with Crippen LogP contribution in [0.1, 0.15) is 0 Å². The van der Waals surface area contributed by atoms with Gasteiger partial charge >= 0.3 is 47.1 Å². The Morgan fingerprint density at radius 3 is 0.500 bits per heavy atom. The van der Waals surface area contributed by atoms with Crippen LogP contribution in [0.15, 0.2) is 0 Å². The maximum Gasteiger partial charge on any atom is 2.00 e. The minimum Gasteiger partial charge on any atom is -1.00 e. The molecule has 0 heterocycles. The summed E-state index contributed by atoms with van der Waals surface area (Å²) in [5, 5.41) is 0. The van der Waals surface area contributed by atoms with Crippen molar-refractivity contribution < 1.29 is 143 Å². The molecule has 0 saturated carbocycles. The molecule has 0 fully saturated rings. The van der Waals surface area contributed by atoms with Gasteiger partial charge in [-0.3, -0.25) is 0 Å². The minimum absolute atomic E-state index is 0. The topological polar surface area (TPSA) is 0 Å². The largest absolute Gasteiger partial charge is 2.00 e. The van der Waals surface area contributed by atoms with Crippen molar-refractivity contribution in [1.82, 2.24) is 0 Å². The first kappa shape index (κ1) is 46.9. The van der Waals surface area contributed by atoms with Crippen LogP contribution in [0.2, 0.25) is 0 Å². The summed E-state index contributed by atoms with van der Waals surface area (Å²) in [5.74, 6) is 0. The molecule has 0 bridgehead atoms. The molecule has 0 N–H and O–H groups in total. The SMILES string of the molecule is [Hg+2].[I-].[I-].[I-].[I-].[Zn+2]. The molecule has 0 saturated heterocycles. The quantitative estimate of drug-likeness (QED) is 0.170. The first-order valence-electron chi connectivity index (χ1n) is 0. The Bertz CT molecular complexity index is 7.51. The van der Waals surface area contributed by atoms with Gasteiger partial charge in [0, 0.05) is 0 Å². The smallest absolute Gasteiger partial charge is 1.00 e. The molecule has 0 spiro atoms. The minimum atomic E-state index is 0. The van der Waals surface area contributed by atoms with E-state index in [0.717, 1.165) is 0 Å². The van der Waals surface area contributed by atoms with Gasteiger partial charge < -0.3 is 95.9 Å². The van der Waals surface area contributed by atoms with Crippen molar-refractivity contribution in [3.8, 4) is 0 Å². The molecule has 0 aromatic heterocycles. The summed E-state index contributed by atoms with van der Waals surface area (Å²) in [6.45, 7) is 0. The Kier molecular flexibility index (Phi) is 266. The van der Waals surface area contributed by atoms with Crippen molar-refractivity contribution in [3.05, 3.63) is 0 Å². The van der Waals surface area contributed by atoms with Crippen molar-refractivity contribution in [3.63, 3.8) is 0 Å². The Balaban J connectivity index is 0. The Morgan fingerprint density at radius 2 is 0.500 bits per heavy atom. The van der Waals surface area contributed by atoms with Crippen LogP contribution in [-0.2, 0) is 47.1 Å². The fourth-order valence-electron chi connectivity index (χ4n) is 0. The van der Waals surface area contributed by atoms with Crippen LogP contribution in [0.3, 0.4) is 0 Å². The number of halogens is 4. The van der Waals surface area contributed by atoms with Gasteiger partial charge in [0.15, 0.2) is 0 Å². The molecule has 0 aromatic carbocycles. The van der Waals surface area contributed by atoms with Crippen LogP contribution >= 0.6 is 0 Å². The van der Waals surface area contributed by atoms with Crippen LogP contribution in [0.25, 0.3) is 0 Å². The second-order valence-corrected chi connectivity index (χ2v) is 0. The molecule has 0 nitrogen and oxygen atoms in total. The zero-order chi connectivity index (χ0) is 0. The Hall–Kier alpha value is 4.48. The average molecular weight is 774 g/mol. The normalized spacial score (nSPS) is 0.